The van der Waals surface area contributed by atoms with E-state index in [1.54, 1.807) is 6.07 Å². The predicted octanol–water partition coefficient (Wildman–Crippen LogP) is 5.75. The van der Waals surface area contributed by atoms with Crippen molar-refractivity contribution in [3.63, 3.8) is 0 Å². The molecule has 128 valence electrons. The third kappa shape index (κ3) is 2.88. The Kier molecular flexibility index (Phi) is 4.04. The van der Waals surface area contributed by atoms with Crippen molar-refractivity contribution in [1.82, 2.24) is 0 Å². The van der Waals surface area contributed by atoms with Crippen molar-refractivity contribution in [1.29, 1.82) is 0 Å². The van der Waals surface area contributed by atoms with Crippen LogP contribution in [-0.2, 0) is 7.05 Å². The number of pyridine rings is 1. The van der Waals surface area contributed by atoms with Crippen molar-refractivity contribution in [3.8, 4) is 22.4 Å². The number of hydrogen-bond acceptors (Lipinski definition) is 0. The van der Waals surface area contributed by atoms with E-state index in [1.165, 1.54) is 34.0 Å². The van der Waals surface area contributed by atoms with Crippen LogP contribution in [0.25, 0.3) is 33.2 Å². The Labute approximate surface area is 153 Å². The molecule has 0 unspecified atom stereocenters. The highest BCUT2D eigenvalue weighted by Gasteiger charge is 2.16. The maximum Gasteiger partial charge on any atom is 0.213 e. The first-order valence-electron chi connectivity index (χ1n) is 8.79. The van der Waals surface area contributed by atoms with Crippen LogP contribution >= 0.6 is 0 Å². The van der Waals surface area contributed by atoms with E-state index in [-0.39, 0.29) is 5.82 Å². The molecule has 4 rings (SSSR count). The summed E-state index contributed by atoms with van der Waals surface area (Å²) in [5.41, 5.74) is 7.24. The molecule has 26 heavy (non-hydrogen) atoms. The second-order valence-electron chi connectivity index (χ2n) is 6.89. The zero-order valence-corrected chi connectivity index (χ0v) is 15.3. The number of benzene rings is 3. The lowest BCUT2D eigenvalue weighted by Gasteiger charge is -2.10. The van der Waals surface area contributed by atoms with Gasteiger partial charge in [-0.1, -0.05) is 36.4 Å². The highest BCUT2D eigenvalue weighted by molar-refractivity contribution is 5.88. The van der Waals surface area contributed by atoms with Gasteiger partial charge in [-0.3, -0.25) is 0 Å². The van der Waals surface area contributed by atoms with Crippen molar-refractivity contribution in [2.45, 2.75) is 13.8 Å². The highest BCUT2D eigenvalue weighted by atomic mass is 19.1. The zero-order valence-electron chi connectivity index (χ0n) is 15.3. The molecule has 4 aromatic rings. The first-order valence-corrected chi connectivity index (χ1v) is 8.79. The molecule has 0 N–H and O–H groups in total. The van der Waals surface area contributed by atoms with Gasteiger partial charge in [0, 0.05) is 17.2 Å². The molecule has 2 heteroatoms. The number of hydrogen-bond donors (Lipinski definition) is 0. The maximum absolute atomic E-state index is 13.4. The topological polar surface area (TPSA) is 3.88 Å². The fraction of sp³-hybridized carbons (Fsp3) is 0.125. The van der Waals surface area contributed by atoms with Crippen LogP contribution < -0.4 is 4.57 Å². The van der Waals surface area contributed by atoms with Crippen molar-refractivity contribution >= 4 is 10.8 Å². The van der Waals surface area contributed by atoms with Crippen LogP contribution in [0.4, 0.5) is 4.39 Å². The van der Waals surface area contributed by atoms with E-state index in [0.717, 1.165) is 16.3 Å². The molecule has 1 aromatic heterocycles. The summed E-state index contributed by atoms with van der Waals surface area (Å²) in [7, 11) is 2.09. The molecule has 0 atom stereocenters. The van der Waals surface area contributed by atoms with Crippen LogP contribution in [0.5, 0.6) is 0 Å². The summed E-state index contributed by atoms with van der Waals surface area (Å²) >= 11 is 0. The van der Waals surface area contributed by atoms with E-state index in [9.17, 15) is 4.39 Å². The van der Waals surface area contributed by atoms with Gasteiger partial charge in [0.2, 0.25) is 5.69 Å². The van der Waals surface area contributed by atoms with Crippen LogP contribution in [0.1, 0.15) is 11.1 Å². The zero-order chi connectivity index (χ0) is 18.3. The molecular formula is C24H21FN+. The Bertz CT molecular complexity index is 1130. The third-order valence-electron chi connectivity index (χ3n) is 5.01. The van der Waals surface area contributed by atoms with E-state index in [2.05, 4.69) is 74.1 Å². The fourth-order valence-electron chi connectivity index (χ4n) is 3.61. The van der Waals surface area contributed by atoms with Gasteiger partial charge in [-0.25, -0.2) is 8.96 Å². The van der Waals surface area contributed by atoms with E-state index in [4.69, 9.17) is 0 Å². The summed E-state index contributed by atoms with van der Waals surface area (Å²) in [4.78, 5) is 0. The van der Waals surface area contributed by atoms with Gasteiger partial charge in [0.1, 0.15) is 12.9 Å². The molecular weight excluding hydrogens is 321 g/mol. The molecule has 0 aliphatic heterocycles. The third-order valence-corrected chi connectivity index (χ3v) is 5.01. The Morgan fingerprint density at radius 3 is 2.27 bits per heavy atom. The predicted molar refractivity (Wildman–Crippen MR) is 105 cm³/mol. The number of nitrogens with zero attached hydrogens (tertiary/aromatic N) is 1. The molecule has 0 bridgehead atoms. The van der Waals surface area contributed by atoms with Crippen molar-refractivity contribution < 1.29 is 8.96 Å². The Morgan fingerprint density at radius 1 is 0.731 bits per heavy atom. The Morgan fingerprint density at radius 2 is 1.46 bits per heavy atom. The monoisotopic (exact) mass is 342 g/mol. The van der Waals surface area contributed by atoms with E-state index in [1.807, 2.05) is 12.1 Å². The minimum absolute atomic E-state index is 0.199. The lowest BCUT2D eigenvalue weighted by atomic mass is 9.96. The number of aryl methyl sites for hydroxylation is 3. The van der Waals surface area contributed by atoms with Gasteiger partial charge < -0.3 is 0 Å². The maximum atomic E-state index is 13.4. The smallest absolute Gasteiger partial charge is 0.207 e. The summed E-state index contributed by atoms with van der Waals surface area (Å²) in [6.07, 6.45) is 2.17. The van der Waals surface area contributed by atoms with Crippen LogP contribution in [0.15, 0.2) is 72.9 Å². The number of halogens is 1. The number of rotatable bonds is 2. The molecule has 0 amide bonds. The second-order valence-corrected chi connectivity index (χ2v) is 6.89. The molecule has 0 spiro atoms. The van der Waals surface area contributed by atoms with Crippen LogP contribution in [0.2, 0.25) is 0 Å². The molecule has 3 aromatic carbocycles. The van der Waals surface area contributed by atoms with Crippen LogP contribution in [-0.4, -0.2) is 0 Å². The summed E-state index contributed by atoms with van der Waals surface area (Å²) in [6, 6.07) is 21.8. The Balaban J connectivity index is 1.91. The van der Waals surface area contributed by atoms with Crippen molar-refractivity contribution in [3.05, 3.63) is 89.9 Å². The van der Waals surface area contributed by atoms with Crippen molar-refractivity contribution in [2.75, 3.05) is 0 Å². The normalized spacial score (nSPS) is 11.1. The van der Waals surface area contributed by atoms with Gasteiger partial charge in [0.15, 0.2) is 6.20 Å². The quantitative estimate of drug-likeness (QED) is 0.408. The minimum Gasteiger partial charge on any atom is -0.207 e. The van der Waals surface area contributed by atoms with E-state index in [0.29, 0.717) is 0 Å². The molecule has 0 aliphatic carbocycles. The summed E-state index contributed by atoms with van der Waals surface area (Å²) in [5, 5.41) is 1.97. The average molecular weight is 342 g/mol. The SMILES string of the molecule is Cc1c[n+](C)c(-c2ccccc2C)cc1-c1ccc2cc(F)ccc2c1. The molecule has 0 saturated carbocycles. The average Bonchev–Trinajstić information content (AvgIpc) is 2.62. The molecule has 0 radical (unpaired) electrons. The van der Waals surface area contributed by atoms with E-state index >= 15 is 0 Å². The molecule has 1 heterocycles. The molecule has 1 nitrogen and oxygen atoms in total. The standard InChI is InChI=1S/C24H21FN/c1-16-6-4-5-7-22(16)24-14-23(17(2)15-26(24)3)20-9-8-19-13-21(25)11-10-18(19)12-20/h4-15H,1-3H3/q+1. The Hall–Kier alpha value is -3.00. The highest BCUT2D eigenvalue weighted by Crippen LogP contribution is 2.30. The first-order chi connectivity index (χ1) is 12.5. The molecule has 0 saturated heterocycles. The van der Waals surface area contributed by atoms with E-state index < -0.39 is 0 Å². The fourth-order valence-corrected chi connectivity index (χ4v) is 3.61. The van der Waals surface area contributed by atoms with Crippen molar-refractivity contribution in [2.24, 2.45) is 7.05 Å². The largest absolute Gasteiger partial charge is 0.213 e. The molecule has 0 fully saturated rings. The van der Waals surface area contributed by atoms with Gasteiger partial charge in [0.05, 0.1) is 0 Å². The van der Waals surface area contributed by atoms with Gasteiger partial charge in [-0.05, 0) is 65.6 Å². The summed E-state index contributed by atoms with van der Waals surface area (Å²) in [6.45, 7) is 4.27. The minimum atomic E-state index is -0.199. The molecule has 0 aliphatic rings. The van der Waals surface area contributed by atoms with Crippen LogP contribution in [0, 0.1) is 19.7 Å². The van der Waals surface area contributed by atoms with Gasteiger partial charge >= 0.3 is 0 Å². The van der Waals surface area contributed by atoms with Crippen LogP contribution in [0.3, 0.4) is 0 Å². The van der Waals surface area contributed by atoms with Gasteiger partial charge in [0.25, 0.3) is 0 Å². The van der Waals surface area contributed by atoms with Gasteiger partial charge in [-0.2, -0.15) is 0 Å². The number of aromatic nitrogens is 1. The summed E-state index contributed by atoms with van der Waals surface area (Å²) < 4.78 is 15.6. The number of fused-ring (bicyclic) bond motifs is 1. The summed E-state index contributed by atoms with van der Waals surface area (Å²) in [5.74, 6) is -0.199. The first kappa shape index (κ1) is 16.5. The second kappa shape index (κ2) is 6.38. The lowest BCUT2D eigenvalue weighted by molar-refractivity contribution is -0.660. The lowest BCUT2D eigenvalue weighted by Crippen LogP contribution is -2.31. The van der Waals surface area contributed by atoms with Gasteiger partial charge in [-0.15, -0.1) is 0 Å².